The number of hydrogen-bond acceptors (Lipinski definition) is 5. The van der Waals surface area contributed by atoms with Crippen molar-refractivity contribution in [1.29, 1.82) is 0 Å². The van der Waals surface area contributed by atoms with E-state index in [9.17, 15) is 9.59 Å². The number of imidazole rings is 1. The zero-order valence-electron chi connectivity index (χ0n) is 17.2. The van der Waals surface area contributed by atoms with Crippen LogP contribution in [0.5, 0.6) is 5.75 Å². The molecule has 1 atom stereocenters. The van der Waals surface area contributed by atoms with Crippen LogP contribution >= 0.6 is 11.8 Å². The van der Waals surface area contributed by atoms with Crippen LogP contribution in [0.15, 0.2) is 42.5 Å². The molecule has 0 radical (unpaired) electrons. The van der Waals surface area contributed by atoms with E-state index in [-0.39, 0.29) is 17.7 Å². The quantitative estimate of drug-likeness (QED) is 0.571. The second-order valence-electron chi connectivity index (χ2n) is 7.46. The molecule has 1 N–H and O–H groups in total. The van der Waals surface area contributed by atoms with Gasteiger partial charge < -0.3 is 14.6 Å². The summed E-state index contributed by atoms with van der Waals surface area (Å²) in [5.74, 6) is 2.73. The lowest BCUT2D eigenvalue weighted by Crippen LogP contribution is -2.32. The van der Waals surface area contributed by atoms with Crippen molar-refractivity contribution >= 4 is 34.5 Å². The molecule has 7 heteroatoms. The molecule has 1 aromatic heterocycles. The van der Waals surface area contributed by atoms with E-state index >= 15 is 0 Å². The molecule has 6 nitrogen and oxygen atoms in total. The highest BCUT2D eigenvalue weighted by atomic mass is 32.2. The van der Waals surface area contributed by atoms with Crippen LogP contribution < -0.4 is 4.74 Å². The van der Waals surface area contributed by atoms with Gasteiger partial charge in [-0.25, -0.2) is 4.98 Å². The zero-order valence-corrected chi connectivity index (χ0v) is 18.0. The first kappa shape index (κ1) is 20.5. The monoisotopic (exact) mass is 423 g/mol. The molecule has 0 spiro atoms. The number of thioether (sulfide) groups is 1. The van der Waals surface area contributed by atoms with Crippen molar-refractivity contribution in [3.8, 4) is 5.75 Å². The van der Waals surface area contributed by atoms with Gasteiger partial charge in [-0.05, 0) is 50.1 Å². The van der Waals surface area contributed by atoms with Crippen molar-refractivity contribution in [2.75, 3.05) is 19.4 Å². The number of methoxy groups -OCH3 is 1. The summed E-state index contributed by atoms with van der Waals surface area (Å²) in [6, 6.07) is 13.4. The third-order valence-electron chi connectivity index (χ3n) is 5.47. The Hall–Kier alpha value is -2.80. The summed E-state index contributed by atoms with van der Waals surface area (Å²) in [5.41, 5.74) is 3.51. The number of carbonyl (C=O) groups excluding carboxylic acids is 2. The van der Waals surface area contributed by atoms with E-state index in [1.54, 1.807) is 31.9 Å². The van der Waals surface area contributed by atoms with Gasteiger partial charge in [-0.2, -0.15) is 0 Å². The van der Waals surface area contributed by atoms with Gasteiger partial charge in [0.05, 0.1) is 29.9 Å². The Morgan fingerprint density at radius 1 is 1.27 bits per heavy atom. The van der Waals surface area contributed by atoms with E-state index in [2.05, 4.69) is 4.98 Å². The first-order valence-corrected chi connectivity index (χ1v) is 11.2. The lowest BCUT2D eigenvalue weighted by Gasteiger charge is -2.23. The molecule has 0 unspecified atom stereocenters. The standard InChI is InChI=1S/C23H25N3O3S/c1-15(27)16-9-10-21(29-2)17(12-16)13-30-14-22(28)26-11-5-8-20(26)23-24-18-6-3-4-7-19(18)25-23/h3-4,6-7,9-10,12,20H,5,8,11,13-14H2,1-2H3,(H,24,25)/t20-/m1/s1. The van der Waals surface area contributed by atoms with E-state index in [0.29, 0.717) is 17.1 Å². The van der Waals surface area contributed by atoms with Crippen LogP contribution in [0.25, 0.3) is 11.0 Å². The van der Waals surface area contributed by atoms with Crippen LogP contribution in [0, 0.1) is 0 Å². The van der Waals surface area contributed by atoms with Gasteiger partial charge in [0, 0.05) is 23.4 Å². The molecule has 0 saturated carbocycles. The van der Waals surface area contributed by atoms with Crippen LogP contribution in [-0.4, -0.2) is 46.0 Å². The first-order chi connectivity index (χ1) is 14.6. The van der Waals surface area contributed by atoms with E-state index < -0.39 is 0 Å². The summed E-state index contributed by atoms with van der Waals surface area (Å²) >= 11 is 1.54. The molecule has 4 rings (SSSR count). The van der Waals surface area contributed by atoms with Gasteiger partial charge in [-0.15, -0.1) is 11.8 Å². The number of H-pyrrole nitrogens is 1. The first-order valence-electron chi connectivity index (χ1n) is 10.1. The van der Waals surface area contributed by atoms with Gasteiger partial charge in [0.2, 0.25) is 5.91 Å². The van der Waals surface area contributed by atoms with E-state index in [1.807, 2.05) is 41.3 Å². The summed E-state index contributed by atoms with van der Waals surface area (Å²) in [6.45, 7) is 2.30. The molecule has 1 saturated heterocycles. The van der Waals surface area contributed by atoms with Crippen molar-refractivity contribution in [3.05, 3.63) is 59.4 Å². The normalized spacial score (nSPS) is 16.2. The summed E-state index contributed by atoms with van der Waals surface area (Å²) in [7, 11) is 1.62. The van der Waals surface area contributed by atoms with Crippen LogP contribution in [-0.2, 0) is 10.5 Å². The molecule has 0 bridgehead atoms. The maximum absolute atomic E-state index is 12.9. The number of likely N-dealkylation sites (tertiary alicyclic amines) is 1. The second kappa shape index (κ2) is 8.92. The van der Waals surface area contributed by atoms with Gasteiger partial charge in [-0.1, -0.05) is 12.1 Å². The van der Waals surface area contributed by atoms with Crippen molar-refractivity contribution in [2.24, 2.45) is 0 Å². The lowest BCUT2D eigenvalue weighted by molar-refractivity contribution is -0.129. The number of hydrogen-bond donors (Lipinski definition) is 1. The maximum Gasteiger partial charge on any atom is 0.233 e. The fourth-order valence-corrected chi connectivity index (χ4v) is 4.81. The number of nitrogens with zero attached hydrogens (tertiary/aromatic N) is 2. The van der Waals surface area contributed by atoms with E-state index in [4.69, 9.17) is 9.72 Å². The van der Waals surface area contributed by atoms with E-state index in [1.165, 1.54) is 0 Å². The minimum absolute atomic E-state index is 0.000997. The highest BCUT2D eigenvalue weighted by molar-refractivity contribution is 7.99. The zero-order chi connectivity index (χ0) is 21.1. The molecule has 30 heavy (non-hydrogen) atoms. The van der Waals surface area contributed by atoms with Gasteiger partial charge in [0.15, 0.2) is 5.78 Å². The average Bonchev–Trinajstić information content (AvgIpc) is 3.40. The number of carbonyl (C=O) groups is 2. The number of amides is 1. The molecular formula is C23H25N3O3S. The van der Waals surface area contributed by atoms with Crippen molar-refractivity contribution in [2.45, 2.75) is 31.6 Å². The van der Waals surface area contributed by atoms with Crippen molar-refractivity contribution in [1.82, 2.24) is 14.9 Å². The summed E-state index contributed by atoms with van der Waals surface area (Å²) < 4.78 is 5.41. The topological polar surface area (TPSA) is 75.3 Å². The van der Waals surface area contributed by atoms with Gasteiger partial charge >= 0.3 is 0 Å². The van der Waals surface area contributed by atoms with E-state index in [0.717, 1.165) is 47.6 Å². The minimum Gasteiger partial charge on any atom is -0.496 e. The molecular weight excluding hydrogens is 398 g/mol. The van der Waals surface area contributed by atoms with Gasteiger partial charge in [0.25, 0.3) is 0 Å². The number of aromatic amines is 1. The van der Waals surface area contributed by atoms with Crippen LogP contribution in [0.3, 0.4) is 0 Å². The summed E-state index contributed by atoms with van der Waals surface area (Å²) in [6.07, 6.45) is 1.90. The number of ether oxygens (including phenoxy) is 1. The Morgan fingerprint density at radius 3 is 2.87 bits per heavy atom. The highest BCUT2D eigenvalue weighted by Crippen LogP contribution is 2.32. The molecule has 1 aliphatic rings. The highest BCUT2D eigenvalue weighted by Gasteiger charge is 2.31. The number of rotatable bonds is 7. The molecule has 1 fully saturated rings. The number of fused-ring (bicyclic) bond motifs is 1. The number of para-hydroxylation sites is 2. The Balaban J connectivity index is 1.41. The van der Waals surface area contributed by atoms with Crippen LogP contribution in [0.2, 0.25) is 0 Å². The Kier molecular flexibility index (Phi) is 6.08. The SMILES string of the molecule is COc1ccc(C(C)=O)cc1CSCC(=O)N1CCC[C@@H]1c1nc2ccccc2[nH]1. The third-order valence-corrected chi connectivity index (χ3v) is 6.43. The predicted octanol–water partition coefficient (Wildman–Crippen LogP) is 4.37. The van der Waals surface area contributed by atoms with Gasteiger partial charge in [-0.3, -0.25) is 9.59 Å². The largest absolute Gasteiger partial charge is 0.496 e. The van der Waals surface area contributed by atoms with Crippen molar-refractivity contribution < 1.29 is 14.3 Å². The molecule has 2 aromatic carbocycles. The fourth-order valence-electron chi connectivity index (χ4n) is 3.92. The number of ketones is 1. The minimum atomic E-state index is 0.000997. The summed E-state index contributed by atoms with van der Waals surface area (Å²) in [5, 5.41) is 0. The molecule has 1 aliphatic heterocycles. The lowest BCUT2D eigenvalue weighted by atomic mass is 10.1. The molecule has 3 aromatic rings. The maximum atomic E-state index is 12.9. The molecule has 156 valence electrons. The Morgan fingerprint density at radius 2 is 2.10 bits per heavy atom. The number of nitrogens with one attached hydrogen (secondary N) is 1. The van der Waals surface area contributed by atoms with Crippen molar-refractivity contribution in [3.63, 3.8) is 0 Å². The summed E-state index contributed by atoms with van der Waals surface area (Å²) in [4.78, 5) is 34.6. The smallest absolute Gasteiger partial charge is 0.233 e. The predicted molar refractivity (Wildman–Crippen MR) is 119 cm³/mol. The molecule has 1 amide bonds. The average molecular weight is 424 g/mol. The Bertz CT molecular complexity index is 1050. The molecule has 2 heterocycles. The Labute approximate surface area is 180 Å². The number of aromatic nitrogens is 2. The number of Topliss-reactive ketones (excluding diaryl/α,β-unsaturated/α-hetero) is 1. The second-order valence-corrected chi connectivity index (χ2v) is 8.45. The van der Waals surface area contributed by atoms with Crippen LogP contribution in [0.1, 0.15) is 47.6 Å². The fraction of sp³-hybridized carbons (Fsp3) is 0.348. The van der Waals surface area contributed by atoms with Crippen LogP contribution in [0.4, 0.5) is 0 Å². The molecule has 0 aliphatic carbocycles. The third kappa shape index (κ3) is 4.21. The number of benzene rings is 2. The van der Waals surface area contributed by atoms with Gasteiger partial charge in [0.1, 0.15) is 11.6 Å².